The van der Waals surface area contributed by atoms with Gasteiger partial charge in [-0.15, -0.1) is 0 Å². The monoisotopic (exact) mass is 237 g/mol. The van der Waals surface area contributed by atoms with Crippen LogP contribution in [0.4, 0.5) is 4.39 Å². The van der Waals surface area contributed by atoms with Crippen molar-refractivity contribution in [3.63, 3.8) is 0 Å². The smallest absolute Gasteiger partial charge is 0.127 e. The molecule has 0 aliphatic heterocycles. The fraction of sp³-hybridized carbons (Fsp3) is 0.600. The van der Waals surface area contributed by atoms with E-state index in [1.807, 2.05) is 19.1 Å². The highest BCUT2D eigenvalue weighted by Gasteiger charge is 2.08. The van der Waals surface area contributed by atoms with Crippen molar-refractivity contribution in [2.45, 2.75) is 46.1 Å². The van der Waals surface area contributed by atoms with Crippen molar-refractivity contribution >= 4 is 0 Å². The lowest BCUT2D eigenvalue weighted by atomic mass is 10.1. The summed E-state index contributed by atoms with van der Waals surface area (Å²) >= 11 is 0. The summed E-state index contributed by atoms with van der Waals surface area (Å²) in [4.78, 5) is 0. The van der Waals surface area contributed by atoms with Crippen LogP contribution in [-0.2, 0) is 0 Å². The van der Waals surface area contributed by atoms with Gasteiger partial charge in [-0.05, 0) is 31.9 Å². The summed E-state index contributed by atoms with van der Waals surface area (Å²) in [6.45, 7) is 7.47. The van der Waals surface area contributed by atoms with Crippen LogP contribution in [0.1, 0.15) is 51.6 Å². The number of hydrogen-bond donors (Lipinski definition) is 1. The Bertz CT molecular complexity index is 322. The van der Waals surface area contributed by atoms with Gasteiger partial charge in [-0.1, -0.05) is 44.9 Å². The molecule has 96 valence electrons. The van der Waals surface area contributed by atoms with E-state index in [-0.39, 0.29) is 11.9 Å². The Morgan fingerprint density at radius 3 is 2.47 bits per heavy atom. The summed E-state index contributed by atoms with van der Waals surface area (Å²) in [6.07, 6.45) is 3.68. The van der Waals surface area contributed by atoms with Crippen molar-refractivity contribution in [3.8, 4) is 0 Å². The van der Waals surface area contributed by atoms with Crippen LogP contribution in [0.3, 0.4) is 0 Å². The SMILES string of the molecule is CC(C)CCCCNC(C)c1ccccc1F. The van der Waals surface area contributed by atoms with Crippen LogP contribution in [0.25, 0.3) is 0 Å². The van der Waals surface area contributed by atoms with Crippen LogP contribution >= 0.6 is 0 Å². The van der Waals surface area contributed by atoms with Gasteiger partial charge in [0.05, 0.1) is 0 Å². The summed E-state index contributed by atoms with van der Waals surface area (Å²) in [5.41, 5.74) is 0.761. The van der Waals surface area contributed by atoms with E-state index in [0.29, 0.717) is 0 Å². The zero-order valence-corrected chi connectivity index (χ0v) is 11.2. The number of nitrogens with one attached hydrogen (secondary N) is 1. The largest absolute Gasteiger partial charge is 0.310 e. The molecule has 0 heterocycles. The van der Waals surface area contributed by atoms with Crippen LogP contribution in [0, 0.1) is 11.7 Å². The van der Waals surface area contributed by atoms with E-state index in [4.69, 9.17) is 0 Å². The van der Waals surface area contributed by atoms with Gasteiger partial charge in [0.1, 0.15) is 5.82 Å². The normalized spacial score (nSPS) is 13.0. The molecule has 17 heavy (non-hydrogen) atoms. The molecule has 1 aromatic rings. The van der Waals surface area contributed by atoms with Gasteiger partial charge in [0.25, 0.3) is 0 Å². The maximum absolute atomic E-state index is 13.5. The fourth-order valence-corrected chi connectivity index (χ4v) is 1.93. The van der Waals surface area contributed by atoms with Gasteiger partial charge in [0.15, 0.2) is 0 Å². The molecule has 1 rings (SSSR count). The zero-order valence-electron chi connectivity index (χ0n) is 11.2. The van der Waals surface area contributed by atoms with E-state index in [2.05, 4.69) is 19.2 Å². The average molecular weight is 237 g/mol. The molecule has 0 saturated carbocycles. The first kappa shape index (κ1) is 14.2. The molecule has 0 spiro atoms. The third kappa shape index (κ3) is 5.31. The summed E-state index contributed by atoms with van der Waals surface area (Å²) in [7, 11) is 0. The summed E-state index contributed by atoms with van der Waals surface area (Å²) < 4.78 is 13.5. The molecule has 0 bridgehead atoms. The van der Waals surface area contributed by atoms with Crippen LogP contribution in [0.5, 0.6) is 0 Å². The van der Waals surface area contributed by atoms with Gasteiger partial charge in [0.2, 0.25) is 0 Å². The summed E-state index contributed by atoms with van der Waals surface area (Å²) in [5.74, 6) is 0.661. The number of unbranched alkanes of at least 4 members (excludes halogenated alkanes) is 1. The van der Waals surface area contributed by atoms with Gasteiger partial charge in [-0.3, -0.25) is 0 Å². The molecule has 0 amide bonds. The van der Waals surface area contributed by atoms with Gasteiger partial charge in [-0.2, -0.15) is 0 Å². The quantitative estimate of drug-likeness (QED) is 0.697. The minimum Gasteiger partial charge on any atom is -0.310 e. The van der Waals surface area contributed by atoms with Crippen molar-refractivity contribution in [2.75, 3.05) is 6.54 Å². The Morgan fingerprint density at radius 1 is 1.12 bits per heavy atom. The summed E-state index contributed by atoms with van der Waals surface area (Å²) in [6, 6.07) is 7.08. The molecule has 1 aromatic carbocycles. The number of benzene rings is 1. The Balaban J connectivity index is 2.26. The lowest BCUT2D eigenvalue weighted by Crippen LogP contribution is -2.20. The van der Waals surface area contributed by atoms with Gasteiger partial charge >= 0.3 is 0 Å². The van der Waals surface area contributed by atoms with E-state index in [0.717, 1.165) is 24.4 Å². The Kier molecular flexibility index (Phi) is 6.20. The first-order valence-corrected chi connectivity index (χ1v) is 6.59. The van der Waals surface area contributed by atoms with Crippen molar-refractivity contribution in [1.29, 1.82) is 0 Å². The zero-order chi connectivity index (χ0) is 12.7. The second-order valence-corrected chi connectivity index (χ2v) is 5.09. The third-order valence-corrected chi connectivity index (χ3v) is 3.03. The molecule has 1 nitrogen and oxygen atoms in total. The lowest BCUT2D eigenvalue weighted by Gasteiger charge is -2.15. The van der Waals surface area contributed by atoms with E-state index in [9.17, 15) is 4.39 Å². The maximum atomic E-state index is 13.5. The molecule has 2 heteroatoms. The lowest BCUT2D eigenvalue weighted by molar-refractivity contribution is 0.486. The standard InChI is InChI=1S/C15H24FN/c1-12(2)8-6-7-11-17-13(3)14-9-4-5-10-15(14)16/h4-5,9-10,12-13,17H,6-8,11H2,1-3H3. The van der Waals surface area contributed by atoms with E-state index in [1.54, 1.807) is 6.07 Å². The van der Waals surface area contributed by atoms with Crippen molar-refractivity contribution in [2.24, 2.45) is 5.92 Å². The van der Waals surface area contributed by atoms with Crippen molar-refractivity contribution < 1.29 is 4.39 Å². The topological polar surface area (TPSA) is 12.0 Å². The molecule has 1 atom stereocenters. The minimum absolute atomic E-state index is 0.0928. The van der Waals surface area contributed by atoms with E-state index >= 15 is 0 Å². The second kappa shape index (κ2) is 7.44. The number of rotatable bonds is 7. The highest BCUT2D eigenvalue weighted by molar-refractivity contribution is 5.20. The fourth-order valence-electron chi connectivity index (χ4n) is 1.93. The van der Waals surface area contributed by atoms with Gasteiger partial charge in [-0.25, -0.2) is 4.39 Å². The molecule has 0 aliphatic carbocycles. The first-order valence-electron chi connectivity index (χ1n) is 6.59. The number of hydrogen-bond acceptors (Lipinski definition) is 1. The third-order valence-electron chi connectivity index (χ3n) is 3.03. The molecule has 0 radical (unpaired) electrons. The molecule has 0 aromatic heterocycles. The van der Waals surface area contributed by atoms with Crippen LogP contribution in [0.2, 0.25) is 0 Å². The molecular weight excluding hydrogens is 213 g/mol. The molecule has 0 saturated heterocycles. The molecule has 1 N–H and O–H groups in total. The average Bonchev–Trinajstić information content (AvgIpc) is 2.28. The van der Waals surface area contributed by atoms with Crippen LogP contribution < -0.4 is 5.32 Å². The molecule has 1 unspecified atom stereocenters. The Hall–Kier alpha value is -0.890. The highest BCUT2D eigenvalue weighted by atomic mass is 19.1. The maximum Gasteiger partial charge on any atom is 0.127 e. The Morgan fingerprint density at radius 2 is 1.82 bits per heavy atom. The van der Waals surface area contributed by atoms with Crippen molar-refractivity contribution in [3.05, 3.63) is 35.6 Å². The predicted molar refractivity (Wildman–Crippen MR) is 71.5 cm³/mol. The van der Waals surface area contributed by atoms with Gasteiger partial charge < -0.3 is 5.32 Å². The van der Waals surface area contributed by atoms with E-state index < -0.39 is 0 Å². The second-order valence-electron chi connectivity index (χ2n) is 5.09. The van der Waals surface area contributed by atoms with Crippen LogP contribution in [-0.4, -0.2) is 6.54 Å². The van der Waals surface area contributed by atoms with Crippen LogP contribution in [0.15, 0.2) is 24.3 Å². The molecule has 0 fully saturated rings. The molecule has 0 aliphatic rings. The first-order chi connectivity index (χ1) is 8.11. The highest BCUT2D eigenvalue weighted by Crippen LogP contribution is 2.16. The summed E-state index contributed by atoms with van der Waals surface area (Å²) in [5, 5.41) is 3.37. The van der Waals surface area contributed by atoms with Gasteiger partial charge in [0, 0.05) is 11.6 Å². The van der Waals surface area contributed by atoms with Crippen molar-refractivity contribution in [1.82, 2.24) is 5.32 Å². The number of halogens is 1. The minimum atomic E-state index is -0.116. The van der Waals surface area contributed by atoms with E-state index in [1.165, 1.54) is 18.9 Å². The molecular formula is C15H24FN. The Labute approximate surface area is 104 Å². The predicted octanol–water partition coefficient (Wildman–Crippen LogP) is 4.30.